The van der Waals surface area contributed by atoms with Crippen LogP contribution in [-0.4, -0.2) is 60.4 Å². The van der Waals surface area contributed by atoms with E-state index < -0.39 is 5.97 Å². The number of aromatic nitrogens is 1. The Labute approximate surface area is 125 Å². The van der Waals surface area contributed by atoms with Gasteiger partial charge in [0.1, 0.15) is 5.82 Å². The van der Waals surface area contributed by atoms with Crippen LogP contribution in [0.5, 0.6) is 0 Å². The molecular weight excluding hydrogens is 270 g/mol. The highest BCUT2D eigenvalue weighted by molar-refractivity contribution is 5.88. The van der Waals surface area contributed by atoms with Crippen molar-refractivity contribution in [1.82, 2.24) is 9.88 Å². The Hall–Kier alpha value is -1.66. The summed E-state index contributed by atoms with van der Waals surface area (Å²) in [5.41, 5.74) is 1.08. The van der Waals surface area contributed by atoms with E-state index in [0.29, 0.717) is 12.4 Å². The summed E-state index contributed by atoms with van der Waals surface area (Å²) < 4.78 is 5.68. The molecule has 1 aliphatic rings. The van der Waals surface area contributed by atoms with Gasteiger partial charge in [-0.1, -0.05) is 13.3 Å². The van der Waals surface area contributed by atoms with Gasteiger partial charge in [0.2, 0.25) is 0 Å². The van der Waals surface area contributed by atoms with Crippen LogP contribution in [0.3, 0.4) is 0 Å². The van der Waals surface area contributed by atoms with Crippen molar-refractivity contribution >= 4 is 11.8 Å². The van der Waals surface area contributed by atoms with Gasteiger partial charge in [-0.15, -0.1) is 0 Å². The van der Waals surface area contributed by atoms with E-state index in [-0.39, 0.29) is 11.7 Å². The number of anilines is 1. The highest BCUT2D eigenvalue weighted by Crippen LogP contribution is 2.13. The Kier molecular flexibility index (Phi) is 5.52. The van der Waals surface area contributed by atoms with E-state index in [9.17, 15) is 4.79 Å². The molecule has 0 aromatic carbocycles. The summed E-state index contributed by atoms with van der Waals surface area (Å²) in [5, 5.41) is 12.4. The quantitative estimate of drug-likeness (QED) is 0.827. The standard InChI is InChI=1S/C15H23N3O3/c1-3-4-12-7-11(15(19)20)8-14(17-12)16-9-13-10-18(2)5-6-21-13/h7-8,13H,3-6,9-10H2,1-2H3,(H,16,17)(H,19,20). The summed E-state index contributed by atoms with van der Waals surface area (Å²) in [4.78, 5) is 17.9. The molecule has 2 heterocycles. The largest absolute Gasteiger partial charge is 0.478 e. The molecule has 21 heavy (non-hydrogen) atoms. The topological polar surface area (TPSA) is 74.7 Å². The third kappa shape index (κ3) is 4.68. The molecule has 2 N–H and O–H groups in total. The SMILES string of the molecule is CCCc1cc(C(=O)O)cc(NCC2CN(C)CCO2)n1. The lowest BCUT2D eigenvalue weighted by atomic mass is 10.1. The number of carbonyl (C=O) groups is 1. The number of carboxylic acids is 1. The van der Waals surface area contributed by atoms with Crippen LogP contribution in [0.15, 0.2) is 12.1 Å². The Morgan fingerprint density at radius 3 is 3.05 bits per heavy atom. The Bertz CT molecular complexity index is 493. The van der Waals surface area contributed by atoms with Crippen molar-refractivity contribution in [3.05, 3.63) is 23.4 Å². The van der Waals surface area contributed by atoms with E-state index in [0.717, 1.165) is 38.2 Å². The van der Waals surface area contributed by atoms with Crippen molar-refractivity contribution < 1.29 is 14.6 Å². The maximum Gasteiger partial charge on any atom is 0.335 e. The molecule has 0 bridgehead atoms. The van der Waals surface area contributed by atoms with Crippen LogP contribution in [0.25, 0.3) is 0 Å². The zero-order valence-electron chi connectivity index (χ0n) is 12.6. The van der Waals surface area contributed by atoms with Crippen LogP contribution in [-0.2, 0) is 11.2 Å². The minimum Gasteiger partial charge on any atom is -0.478 e. The third-order valence-corrected chi connectivity index (χ3v) is 3.48. The molecule has 1 aromatic heterocycles. The maximum atomic E-state index is 11.2. The maximum absolute atomic E-state index is 11.2. The first-order valence-corrected chi connectivity index (χ1v) is 7.36. The van der Waals surface area contributed by atoms with E-state index in [2.05, 4.69) is 22.2 Å². The van der Waals surface area contributed by atoms with Crippen LogP contribution in [0, 0.1) is 0 Å². The number of nitrogens with one attached hydrogen (secondary N) is 1. The molecule has 1 unspecified atom stereocenters. The average Bonchev–Trinajstić information content (AvgIpc) is 2.45. The highest BCUT2D eigenvalue weighted by atomic mass is 16.5. The molecule has 0 aliphatic carbocycles. The van der Waals surface area contributed by atoms with Gasteiger partial charge in [0, 0.05) is 25.3 Å². The number of aromatic carboxylic acids is 1. The summed E-state index contributed by atoms with van der Waals surface area (Å²) in [6.07, 6.45) is 1.82. The lowest BCUT2D eigenvalue weighted by molar-refractivity contribution is -0.0117. The molecule has 1 aliphatic heterocycles. The molecule has 1 aromatic rings. The van der Waals surface area contributed by atoms with Gasteiger partial charge >= 0.3 is 5.97 Å². The monoisotopic (exact) mass is 293 g/mol. The first kappa shape index (κ1) is 15.7. The van der Waals surface area contributed by atoms with Gasteiger partial charge in [-0.25, -0.2) is 9.78 Å². The fourth-order valence-corrected chi connectivity index (χ4v) is 2.39. The highest BCUT2D eigenvalue weighted by Gasteiger charge is 2.17. The van der Waals surface area contributed by atoms with Crippen molar-refractivity contribution in [2.24, 2.45) is 0 Å². The molecule has 0 saturated carbocycles. The zero-order chi connectivity index (χ0) is 15.2. The number of aryl methyl sites for hydroxylation is 1. The van der Waals surface area contributed by atoms with E-state index in [1.807, 2.05) is 6.92 Å². The first-order chi connectivity index (χ1) is 10.1. The number of hydrogen-bond donors (Lipinski definition) is 2. The molecule has 0 radical (unpaired) electrons. The predicted molar refractivity (Wildman–Crippen MR) is 80.9 cm³/mol. The number of nitrogens with zero attached hydrogens (tertiary/aromatic N) is 2. The summed E-state index contributed by atoms with van der Waals surface area (Å²) in [5.74, 6) is -0.318. The Balaban J connectivity index is 2.02. The second-order valence-corrected chi connectivity index (χ2v) is 5.42. The fraction of sp³-hybridized carbons (Fsp3) is 0.600. The van der Waals surface area contributed by atoms with Gasteiger partial charge in [-0.05, 0) is 25.6 Å². The zero-order valence-corrected chi connectivity index (χ0v) is 12.6. The smallest absolute Gasteiger partial charge is 0.335 e. The number of hydrogen-bond acceptors (Lipinski definition) is 5. The summed E-state index contributed by atoms with van der Waals surface area (Å²) in [6.45, 7) is 5.23. The number of ether oxygens (including phenoxy) is 1. The normalized spacial score (nSPS) is 19.4. The Morgan fingerprint density at radius 2 is 2.38 bits per heavy atom. The second-order valence-electron chi connectivity index (χ2n) is 5.42. The molecule has 1 fully saturated rings. The van der Waals surface area contributed by atoms with Crippen molar-refractivity contribution in [3.8, 4) is 0 Å². The second kappa shape index (κ2) is 7.38. The van der Waals surface area contributed by atoms with Crippen LogP contribution < -0.4 is 5.32 Å². The number of carboxylic acid groups (broad SMARTS) is 1. The Morgan fingerprint density at radius 1 is 1.57 bits per heavy atom. The van der Waals surface area contributed by atoms with E-state index >= 15 is 0 Å². The molecular formula is C15H23N3O3. The van der Waals surface area contributed by atoms with Gasteiger partial charge in [0.15, 0.2) is 0 Å². The van der Waals surface area contributed by atoms with Crippen LogP contribution >= 0.6 is 0 Å². The fourth-order valence-electron chi connectivity index (χ4n) is 2.39. The molecule has 0 spiro atoms. The minimum absolute atomic E-state index is 0.105. The van der Waals surface area contributed by atoms with Gasteiger partial charge < -0.3 is 20.1 Å². The summed E-state index contributed by atoms with van der Waals surface area (Å²) >= 11 is 0. The van der Waals surface area contributed by atoms with Crippen LogP contribution in [0.1, 0.15) is 29.4 Å². The third-order valence-electron chi connectivity index (χ3n) is 3.48. The van der Waals surface area contributed by atoms with Crippen LogP contribution in [0.4, 0.5) is 5.82 Å². The molecule has 1 saturated heterocycles. The number of pyridine rings is 1. The first-order valence-electron chi connectivity index (χ1n) is 7.36. The minimum atomic E-state index is -0.925. The van der Waals surface area contributed by atoms with Crippen molar-refractivity contribution in [3.63, 3.8) is 0 Å². The molecule has 6 heteroatoms. The lowest BCUT2D eigenvalue weighted by Gasteiger charge is -2.30. The van der Waals surface area contributed by atoms with Gasteiger partial charge in [-0.3, -0.25) is 0 Å². The molecule has 116 valence electrons. The predicted octanol–water partition coefficient (Wildman–Crippen LogP) is 1.47. The van der Waals surface area contributed by atoms with Crippen molar-refractivity contribution in [2.45, 2.75) is 25.9 Å². The molecule has 6 nitrogen and oxygen atoms in total. The lowest BCUT2D eigenvalue weighted by Crippen LogP contribution is -2.43. The van der Waals surface area contributed by atoms with Crippen molar-refractivity contribution in [2.75, 3.05) is 38.6 Å². The summed E-state index contributed by atoms with van der Waals surface area (Å²) in [6, 6.07) is 3.22. The van der Waals surface area contributed by atoms with E-state index in [1.54, 1.807) is 12.1 Å². The number of rotatable bonds is 6. The number of likely N-dealkylation sites (N-methyl/N-ethyl adjacent to an activating group) is 1. The van der Waals surface area contributed by atoms with E-state index in [1.165, 1.54) is 0 Å². The van der Waals surface area contributed by atoms with Crippen LogP contribution in [0.2, 0.25) is 0 Å². The van der Waals surface area contributed by atoms with Gasteiger partial charge in [0.05, 0.1) is 18.3 Å². The van der Waals surface area contributed by atoms with Crippen molar-refractivity contribution in [1.29, 1.82) is 0 Å². The summed E-state index contributed by atoms with van der Waals surface area (Å²) in [7, 11) is 2.07. The molecule has 0 amide bonds. The van der Waals surface area contributed by atoms with E-state index in [4.69, 9.17) is 9.84 Å². The van der Waals surface area contributed by atoms with Gasteiger partial charge in [0.25, 0.3) is 0 Å². The molecule has 1 atom stereocenters. The average molecular weight is 293 g/mol. The van der Waals surface area contributed by atoms with Gasteiger partial charge in [-0.2, -0.15) is 0 Å². The number of morpholine rings is 1. The molecule has 2 rings (SSSR count).